The standard InChI is InChI=1S/C15H19N3OS/c1-2-18-6-7-19-14(9-18)15-17-13(10-20-15)11-4-3-5-12(16)8-11/h3-5,8,10,14H,2,6-7,9,16H2,1H3. The highest BCUT2D eigenvalue weighted by Gasteiger charge is 2.23. The summed E-state index contributed by atoms with van der Waals surface area (Å²) in [5.74, 6) is 0. The van der Waals surface area contributed by atoms with E-state index in [1.54, 1.807) is 11.3 Å². The first-order valence-corrected chi connectivity index (χ1v) is 7.79. The van der Waals surface area contributed by atoms with Crippen LogP contribution in [0.4, 0.5) is 5.69 Å². The summed E-state index contributed by atoms with van der Waals surface area (Å²) in [6.45, 7) is 5.97. The maximum absolute atomic E-state index is 5.85. The zero-order chi connectivity index (χ0) is 13.9. The summed E-state index contributed by atoms with van der Waals surface area (Å²) in [6.07, 6.45) is 0.100. The second-order valence-corrected chi connectivity index (χ2v) is 5.84. The van der Waals surface area contributed by atoms with Gasteiger partial charge in [-0.15, -0.1) is 11.3 Å². The van der Waals surface area contributed by atoms with Crippen LogP contribution < -0.4 is 5.73 Å². The van der Waals surface area contributed by atoms with Gasteiger partial charge >= 0.3 is 0 Å². The monoisotopic (exact) mass is 289 g/mol. The van der Waals surface area contributed by atoms with Gasteiger partial charge in [0.15, 0.2) is 0 Å². The van der Waals surface area contributed by atoms with Gasteiger partial charge in [0.2, 0.25) is 0 Å². The Morgan fingerprint density at radius 1 is 1.50 bits per heavy atom. The smallest absolute Gasteiger partial charge is 0.124 e. The van der Waals surface area contributed by atoms with Crippen molar-refractivity contribution >= 4 is 17.0 Å². The fourth-order valence-electron chi connectivity index (χ4n) is 2.41. The molecule has 3 rings (SSSR count). The van der Waals surface area contributed by atoms with Crippen molar-refractivity contribution < 1.29 is 4.74 Å². The fourth-order valence-corrected chi connectivity index (χ4v) is 3.27. The van der Waals surface area contributed by atoms with Crippen LogP contribution in [0.2, 0.25) is 0 Å². The van der Waals surface area contributed by atoms with Gasteiger partial charge in [0.1, 0.15) is 11.1 Å². The minimum absolute atomic E-state index is 0.100. The zero-order valence-corrected chi connectivity index (χ0v) is 12.4. The predicted molar refractivity (Wildman–Crippen MR) is 82.8 cm³/mol. The van der Waals surface area contributed by atoms with Crippen LogP contribution in [-0.4, -0.2) is 36.1 Å². The number of ether oxygens (including phenoxy) is 1. The molecule has 20 heavy (non-hydrogen) atoms. The van der Waals surface area contributed by atoms with E-state index >= 15 is 0 Å². The number of thiazole rings is 1. The lowest BCUT2D eigenvalue weighted by atomic mass is 10.1. The number of hydrogen-bond donors (Lipinski definition) is 1. The van der Waals surface area contributed by atoms with Crippen LogP contribution in [-0.2, 0) is 4.74 Å². The molecule has 1 saturated heterocycles. The molecule has 1 aliphatic heterocycles. The van der Waals surface area contributed by atoms with E-state index in [1.807, 2.05) is 24.3 Å². The van der Waals surface area contributed by atoms with Crippen molar-refractivity contribution in [3.63, 3.8) is 0 Å². The van der Waals surface area contributed by atoms with Crippen LogP contribution in [0.5, 0.6) is 0 Å². The van der Waals surface area contributed by atoms with Crippen molar-refractivity contribution in [2.45, 2.75) is 13.0 Å². The van der Waals surface area contributed by atoms with Crippen molar-refractivity contribution in [1.29, 1.82) is 0 Å². The molecular weight excluding hydrogens is 270 g/mol. The molecule has 5 heteroatoms. The van der Waals surface area contributed by atoms with Crippen molar-refractivity contribution in [3.8, 4) is 11.3 Å². The largest absolute Gasteiger partial charge is 0.399 e. The summed E-state index contributed by atoms with van der Waals surface area (Å²) in [4.78, 5) is 7.12. The van der Waals surface area contributed by atoms with E-state index < -0.39 is 0 Å². The van der Waals surface area contributed by atoms with Crippen molar-refractivity contribution in [2.75, 3.05) is 32.0 Å². The third-order valence-corrected chi connectivity index (χ3v) is 4.51. The summed E-state index contributed by atoms with van der Waals surface area (Å²) < 4.78 is 5.85. The number of rotatable bonds is 3. The van der Waals surface area contributed by atoms with E-state index in [2.05, 4.69) is 17.2 Å². The number of anilines is 1. The maximum atomic E-state index is 5.85. The Bertz CT molecular complexity index is 584. The number of benzene rings is 1. The average molecular weight is 289 g/mol. The Morgan fingerprint density at radius 2 is 2.40 bits per heavy atom. The van der Waals surface area contributed by atoms with Crippen molar-refractivity contribution in [3.05, 3.63) is 34.7 Å². The van der Waals surface area contributed by atoms with Gasteiger partial charge in [0.05, 0.1) is 12.3 Å². The molecule has 106 valence electrons. The van der Waals surface area contributed by atoms with Crippen LogP contribution in [0.1, 0.15) is 18.0 Å². The maximum Gasteiger partial charge on any atom is 0.124 e. The number of nitrogen functional groups attached to an aromatic ring is 1. The molecule has 2 heterocycles. The van der Waals surface area contributed by atoms with E-state index in [1.165, 1.54) is 0 Å². The summed E-state index contributed by atoms with van der Waals surface area (Å²) in [7, 11) is 0. The minimum atomic E-state index is 0.100. The molecule has 2 aromatic rings. The number of hydrogen-bond acceptors (Lipinski definition) is 5. The van der Waals surface area contributed by atoms with Gasteiger partial charge < -0.3 is 10.5 Å². The normalized spacial score (nSPS) is 20.1. The van der Waals surface area contributed by atoms with Gasteiger partial charge in [-0.3, -0.25) is 4.90 Å². The summed E-state index contributed by atoms with van der Waals surface area (Å²) in [5, 5.41) is 3.14. The average Bonchev–Trinajstić information content (AvgIpc) is 2.97. The van der Waals surface area contributed by atoms with E-state index in [0.717, 1.165) is 48.2 Å². The zero-order valence-electron chi connectivity index (χ0n) is 11.6. The molecule has 1 atom stereocenters. The quantitative estimate of drug-likeness (QED) is 0.883. The van der Waals surface area contributed by atoms with E-state index in [0.29, 0.717) is 0 Å². The van der Waals surface area contributed by atoms with Crippen molar-refractivity contribution in [1.82, 2.24) is 9.88 Å². The lowest BCUT2D eigenvalue weighted by Gasteiger charge is -2.30. The lowest BCUT2D eigenvalue weighted by molar-refractivity contribution is -0.0282. The topological polar surface area (TPSA) is 51.4 Å². The molecule has 4 nitrogen and oxygen atoms in total. The first-order chi connectivity index (χ1) is 9.76. The Balaban J connectivity index is 1.80. The van der Waals surface area contributed by atoms with Crippen LogP contribution >= 0.6 is 11.3 Å². The van der Waals surface area contributed by atoms with E-state index in [9.17, 15) is 0 Å². The number of likely N-dealkylation sites (N-methyl/N-ethyl adjacent to an activating group) is 1. The number of aromatic nitrogens is 1. The highest BCUT2D eigenvalue weighted by molar-refractivity contribution is 7.10. The molecule has 0 amide bonds. The SMILES string of the molecule is CCN1CCOC(c2nc(-c3cccc(N)c3)cs2)C1. The van der Waals surface area contributed by atoms with Gasteiger partial charge in [-0.25, -0.2) is 4.98 Å². The molecule has 1 aromatic carbocycles. The summed E-state index contributed by atoms with van der Waals surface area (Å²) >= 11 is 1.67. The highest BCUT2D eigenvalue weighted by Crippen LogP contribution is 2.29. The second-order valence-electron chi connectivity index (χ2n) is 4.95. The molecule has 1 unspecified atom stereocenters. The molecule has 0 radical (unpaired) electrons. The van der Waals surface area contributed by atoms with Crippen LogP contribution in [0.15, 0.2) is 29.6 Å². The molecule has 1 fully saturated rings. The molecular formula is C15H19N3OS. The Kier molecular flexibility index (Phi) is 4.00. The Morgan fingerprint density at radius 3 is 3.20 bits per heavy atom. The number of nitrogens with zero attached hydrogens (tertiary/aromatic N) is 2. The molecule has 0 saturated carbocycles. The molecule has 1 aromatic heterocycles. The molecule has 1 aliphatic rings. The van der Waals surface area contributed by atoms with Crippen molar-refractivity contribution in [2.24, 2.45) is 0 Å². The first-order valence-electron chi connectivity index (χ1n) is 6.91. The third-order valence-electron chi connectivity index (χ3n) is 3.58. The Hall–Kier alpha value is -1.43. The highest BCUT2D eigenvalue weighted by atomic mass is 32.1. The van der Waals surface area contributed by atoms with Gasteiger partial charge in [0, 0.05) is 29.7 Å². The third kappa shape index (κ3) is 2.85. The van der Waals surface area contributed by atoms with E-state index in [-0.39, 0.29) is 6.10 Å². The predicted octanol–water partition coefficient (Wildman–Crippen LogP) is 2.79. The van der Waals surface area contributed by atoms with Gasteiger partial charge in [-0.05, 0) is 18.7 Å². The Labute approximate surface area is 123 Å². The molecule has 2 N–H and O–H groups in total. The van der Waals surface area contributed by atoms with E-state index in [4.69, 9.17) is 15.5 Å². The first kappa shape index (κ1) is 13.5. The van der Waals surface area contributed by atoms with Crippen LogP contribution in [0, 0.1) is 0 Å². The molecule has 0 spiro atoms. The van der Waals surface area contributed by atoms with Crippen LogP contribution in [0.25, 0.3) is 11.3 Å². The number of nitrogens with two attached hydrogens (primary N) is 1. The summed E-state index contributed by atoms with van der Waals surface area (Å²) in [6, 6.07) is 7.84. The van der Waals surface area contributed by atoms with Gasteiger partial charge in [0.25, 0.3) is 0 Å². The van der Waals surface area contributed by atoms with Gasteiger partial charge in [-0.2, -0.15) is 0 Å². The second kappa shape index (κ2) is 5.91. The van der Waals surface area contributed by atoms with Gasteiger partial charge in [-0.1, -0.05) is 19.1 Å². The number of morpholine rings is 1. The van der Waals surface area contributed by atoms with Crippen LogP contribution in [0.3, 0.4) is 0 Å². The lowest BCUT2D eigenvalue weighted by Crippen LogP contribution is -2.37. The fraction of sp³-hybridized carbons (Fsp3) is 0.400. The summed E-state index contributed by atoms with van der Waals surface area (Å²) in [5.41, 5.74) is 8.64. The minimum Gasteiger partial charge on any atom is -0.399 e. The molecule has 0 aliphatic carbocycles. The molecule has 0 bridgehead atoms.